The smallest absolute Gasteiger partial charge is 0.315 e. The zero-order valence-corrected chi connectivity index (χ0v) is 14.8. The SMILES string of the molecule is CCC(NC(=O)NCCc1ccc(CO)cc1)c1ccc(OC)cc1. The first-order valence-electron chi connectivity index (χ1n) is 8.53. The summed E-state index contributed by atoms with van der Waals surface area (Å²) in [6.45, 7) is 2.64. The van der Waals surface area contributed by atoms with E-state index < -0.39 is 0 Å². The summed E-state index contributed by atoms with van der Waals surface area (Å²) >= 11 is 0. The highest BCUT2D eigenvalue weighted by Gasteiger charge is 2.12. The monoisotopic (exact) mass is 342 g/mol. The number of aliphatic hydroxyl groups is 1. The molecular weight excluding hydrogens is 316 g/mol. The minimum absolute atomic E-state index is 0.0326. The molecule has 2 amide bonds. The summed E-state index contributed by atoms with van der Waals surface area (Å²) in [6, 6.07) is 15.3. The molecule has 0 saturated heterocycles. The molecule has 1 unspecified atom stereocenters. The van der Waals surface area contributed by atoms with Gasteiger partial charge in [-0.3, -0.25) is 0 Å². The van der Waals surface area contributed by atoms with Gasteiger partial charge in [-0.15, -0.1) is 0 Å². The molecule has 0 aromatic heterocycles. The van der Waals surface area contributed by atoms with Crippen molar-refractivity contribution in [2.24, 2.45) is 0 Å². The van der Waals surface area contributed by atoms with Crippen LogP contribution in [-0.4, -0.2) is 24.8 Å². The van der Waals surface area contributed by atoms with Crippen LogP contribution in [0.4, 0.5) is 4.79 Å². The third-order valence-electron chi connectivity index (χ3n) is 4.14. The van der Waals surface area contributed by atoms with Gasteiger partial charge in [0, 0.05) is 6.54 Å². The third kappa shape index (κ3) is 5.80. The van der Waals surface area contributed by atoms with Gasteiger partial charge >= 0.3 is 6.03 Å². The van der Waals surface area contributed by atoms with Gasteiger partial charge in [-0.2, -0.15) is 0 Å². The lowest BCUT2D eigenvalue weighted by molar-refractivity contribution is 0.237. The summed E-state index contributed by atoms with van der Waals surface area (Å²) in [7, 11) is 1.63. The van der Waals surface area contributed by atoms with Gasteiger partial charge in [-0.25, -0.2) is 4.79 Å². The highest BCUT2D eigenvalue weighted by atomic mass is 16.5. The van der Waals surface area contributed by atoms with Crippen molar-refractivity contribution in [3.63, 3.8) is 0 Å². The normalized spacial score (nSPS) is 11.6. The Hall–Kier alpha value is -2.53. The summed E-state index contributed by atoms with van der Waals surface area (Å²) in [6.07, 6.45) is 1.56. The van der Waals surface area contributed by atoms with Gasteiger partial charge in [0.15, 0.2) is 0 Å². The van der Waals surface area contributed by atoms with Gasteiger partial charge in [-0.1, -0.05) is 43.3 Å². The number of nitrogens with one attached hydrogen (secondary N) is 2. The van der Waals surface area contributed by atoms with E-state index >= 15 is 0 Å². The molecule has 25 heavy (non-hydrogen) atoms. The highest BCUT2D eigenvalue weighted by molar-refractivity contribution is 5.74. The maximum Gasteiger partial charge on any atom is 0.315 e. The molecule has 5 heteroatoms. The minimum Gasteiger partial charge on any atom is -0.497 e. The zero-order valence-electron chi connectivity index (χ0n) is 14.8. The van der Waals surface area contributed by atoms with Gasteiger partial charge in [0.05, 0.1) is 19.8 Å². The Morgan fingerprint density at radius 3 is 2.28 bits per heavy atom. The molecule has 2 aromatic rings. The second-order valence-corrected chi connectivity index (χ2v) is 5.86. The molecule has 0 saturated carbocycles. The summed E-state index contributed by atoms with van der Waals surface area (Å²) in [5.41, 5.74) is 3.07. The number of benzene rings is 2. The first kappa shape index (κ1) is 18.8. The number of carbonyl (C=O) groups excluding carboxylic acids is 1. The fraction of sp³-hybridized carbons (Fsp3) is 0.350. The Morgan fingerprint density at radius 2 is 1.72 bits per heavy atom. The quantitative estimate of drug-likeness (QED) is 0.690. The largest absolute Gasteiger partial charge is 0.497 e. The van der Waals surface area contributed by atoms with E-state index in [9.17, 15) is 4.79 Å². The Kier molecular flexibility index (Phi) is 7.29. The van der Waals surface area contributed by atoms with Crippen molar-refractivity contribution in [3.05, 3.63) is 65.2 Å². The van der Waals surface area contributed by atoms with Crippen molar-refractivity contribution in [2.75, 3.05) is 13.7 Å². The molecule has 5 nitrogen and oxygen atoms in total. The van der Waals surface area contributed by atoms with Crippen LogP contribution in [0.1, 0.15) is 36.1 Å². The number of hydrogen-bond donors (Lipinski definition) is 3. The van der Waals surface area contributed by atoms with Crippen molar-refractivity contribution in [2.45, 2.75) is 32.4 Å². The van der Waals surface area contributed by atoms with Crippen molar-refractivity contribution in [1.29, 1.82) is 0 Å². The van der Waals surface area contributed by atoms with Crippen molar-refractivity contribution < 1.29 is 14.6 Å². The molecule has 0 aliphatic rings. The topological polar surface area (TPSA) is 70.6 Å². The Balaban J connectivity index is 1.80. The van der Waals surface area contributed by atoms with E-state index in [4.69, 9.17) is 9.84 Å². The van der Waals surface area contributed by atoms with Gasteiger partial charge in [0.1, 0.15) is 5.75 Å². The van der Waals surface area contributed by atoms with E-state index in [1.54, 1.807) is 7.11 Å². The van der Waals surface area contributed by atoms with E-state index in [-0.39, 0.29) is 18.7 Å². The fourth-order valence-corrected chi connectivity index (χ4v) is 2.60. The van der Waals surface area contributed by atoms with Crippen LogP contribution in [0.3, 0.4) is 0 Å². The fourth-order valence-electron chi connectivity index (χ4n) is 2.60. The number of carbonyl (C=O) groups is 1. The number of amides is 2. The molecule has 3 N–H and O–H groups in total. The highest BCUT2D eigenvalue weighted by Crippen LogP contribution is 2.19. The Bertz CT molecular complexity index is 654. The van der Waals surface area contributed by atoms with Crippen molar-refractivity contribution >= 4 is 6.03 Å². The number of ether oxygens (including phenoxy) is 1. The summed E-state index contributed by atoms with van der Waals surface area (Å²) in [5.74, 6) is 0.801. The molecule has 0 aliphatic heterocycles. The lowest BCUT2D eigenvalue weighted by Crippen LogP contribution is -2.38. The van der Waals surface area contributed by atoms with Gasteiger partial charge in [0.25, 0.3) is 0 Å². The number of urea groups is 1. The minimum atomic E-state index is -0.172. The van der Waals surface area contributed by atoms with E-state index in [0.29, 0.717) is 6.54 Å². The lowest BCUT2D eigenvalue weighted by Gasteiger charge is -2.18. The molecule has 2 aromatic carbocycles. The van der Waals surface area contributed by atoms with E-state index in [0.717, 1.165) is 35.3 Å². The molecular formula is C20H26N2O3. The summed E-state index contributed by atoms with van der Waals surface area (Å²) in [4.78, 5) is 12.1. The Labute approximate surface area is 149 Å². The molecule has 0 aliphatic carbocycles. The number of hydrogen-bond acceptors (Lipinski definition) is 3. The second kappa shape index (κ2) is 9.69. The second-order valence-electron chi connectivity index (χ2n) is 5.86. The number of methoxy groups -OCH3 is 1. The first-order valence-corrected chi connectivity index (χ1v) is 8.53. The lowest BCUT2D eigenvalue weighted by atomic mass is 10.0. The summed E-state index contributed by atoms with van der Waals surface area (Å²) < 4.78 is 5.16. The molecule has 0 spiro atoms. The van der Waals surface area contributed by atoms with Crippen LogP contribution in [0.2, 0.25) is 0 Å². The van der Waals surface area contributed by atoms with Gasteiger partial charge in [-0.05, 0) is 41.7 Å². The average molecular weight is 342 g/mol. The zero-order chi connectivity index (χ0) is 18.1. The molecule has 0 radical (unpaired) electrons. The van der Waals surface area contributed by atoms with Crippen LogP contribution >= 0.6 is 0 Å². The van der Waals surface area contributed by atoms with Gasteiger partial charge < -0.3 is 20.5 Å². The molecule has 0 heterocycles. The molecule has 2 rings (SSSR count). The third-order valence-corrected chi connectivity index (χ3v) is 4.14. The average Bonchev–Trinajstić information content (AvgIpc) is 2.66. The first-order chi connectivity index (χ1) is 12.2. The van der Waals surface area contributed by atoms with Gasteiger partial charge in [0.2, 0.25) is 0 Å². The summed E-state index contributed by atoms with van der Waals surface area (Å²) in [5, 5.41) is 14.9. The standard InChI is InChI=1S/C20H26N2O3/c1-3-19(17-8-10-18(25-2)11-9-17)22-20(24)21-13-12-15-4-6-16(14-23)7-5-15/h4-11,19,23H,3,12-14H2,1-2H3,(H2,21,22,24). The van der Waals surface area contributed by atoms with E-state index in [1.165, 1.54) is 0 Å². The molecule has 0 fully saturated rings. The predicted molar refractivity (Wildman–Crippen MR) is 98.6 cm³/mol. The van der Waals surface area contributed by atoms with Crippen molar-refractivity contribution in [3.8, 4) is 5.75 Å². The number of rotatable bonds is 8. The predicted octanol–water partition coefficient (Wildman–Crippen LogP) is 3.18. The van der Waals surface area contributed by atoms with Crippen molar-refractivity contribution in [1.82, 2.24) is 10.6 Å². The Morgan fingerprint density at radius 1 is 1.08 bits per heavy atom. The van der Waals surface area contributed by atoms with Crippen LogP contribution < -0.4 is 15.4 Å². The maximum atomic E-state index is 12.1. The van der Waals surface area contributed by atoms with Crippen LogP contribution in [0.15, 0.2) is 48.5 Å². The van der Waals surface area contributed by atoms with Crippen LogP contribution in [0.5, 0.6) is 5.75 Å². The molecule has 0 bridgehead atoms. The van der Waals surface area contributed by atoms with Crippen LogP contribution in [0, 0.1) is 0 Å². The maximum absolute atomic E-state index is 12.1. The van der Waals surface area contributed by atoms with Crippen LogP contribution in [0.25, 0.3) is 0 Å². The molecule has 134 valence electrons. The number of aliphatic hydroxyl groups excluding tert-OH is 1. The molecule has 1 atom stereocenters. The van der Waals surface area contributed by atoms with E-state index in [1.807, 2.05) is 55.5 Å². The van der Waals surface area contributed by atoms with Crippen LogP contribution in [-0.2, 0) is 13.0 Å². The van der Waals surface area contributed by atoms with E-state index in [2.05, 4.69) is 10.6 Å².